The van der Waals surface area contributed by atoms with Gasteiger partial charge >= 0.3 is 11.8 Å². The Kier molecular flexibility index (Phi) is 6.66. The molecule has 6 heteroatoms. The average molecular weight is 380 g/mol. The van der Waals surface area contributed by atoms with Crippen molar-refractivity contribution in [1.82, 2.24) is 10.2 Å². The zero-order valence-electron chi connectivity index (χ0n) is 16.5. The van der Waals surface area contributed by atoms with Crippen molar-refractivity contribution in [3.05, 3.63) is 60.2 Å². The van der Waals surface area contributed by atoms with Crippen molar-refractivity contribution >= 4 is 23.2 Å². The summed E-state index contributed by atoms with van der Waals surface area (Å²) in [7, 11) is 3.86. The van der Waals surface area contributed by atoms with Crippen LogP contribution in [0.3, 0.4) is 0 Å². The van der Waals surface area contributed by atoms with Crippen LogP contribution in [-0.4, -0.2) is 49.9 Å². The molecule has 28 heavy (non-hydrogen) atoms. The molecule has 6 nitrogen and oxygen atoms in total. The van der Waals surface area contributed by atoms with Gasteiger partial charge in [0, 0.05) is 51.1 Å². The van der Waals surface area contributed by atoms with Gasteiger partial charge in [0.2, 0.25) is 0 Å². The van der Waals surface area contributed by atoms with Gasteiger partial charge < -0.3 is 15.5 Å². The predicted octanol–water partition coefficient (Wildman–Crippen LogP) is 2.47. The first-order chi connectivity index (χ1) is 13.5. The zero-order valence-corrected chi connectivity index (χ0v) is 16.5. The molecule has 1 fully saturated rings. The SMILES string of the molecule is CN(C)c1cccc(NC(=O)C(=O)NC2CCN(Cc3ccccc3)CC2)c1. The number of anilines is 2. The molecule has 0 atom stereocenters. The summed E-state index contributed by atoms with van der Waals surface area (Å²) in [6.07, 6.45) is 1.70. The van der Waals surface area contributed by atoms with Gasteiger partial charge in [-0.1, -0.05) is 36.4 Å². The fraction of sp³-hybridized carbons (Fsp3) is 0.364. The zero-order chi connectivity index (χ0) is 19.9. The summed E-state index contributed by atoms with van der Waals surface area (Å²) in [6, 6.07) is 17.8. The summed E-state index contributed by atoms with van der Waals surface area (Å²) in [5.41, 5.74) is 2.87. The number of nitrogens with one attached hydrogen (secondary N) is 2. The van der Waals surface area contributed by atoms with Crippen molar-refractivity contribution in [3.63, 3.8) is 0 Å². The minimum atomic E-state index is -0.623. The van der Waals surface area contributed by atoms with Crippen molar-refractivity contribution in [2.45, 2.75) is 25.4 Å². The predicted molar refractivity (Wildman–Crippen MR) is 112 cm³/mol. The highest BCUT2D eigenvalue weighted by atomic mass is 16.2. The van der Waals surface area contributed by atoms with E-state index >= 15 is 0 Å². The van der Waals surface area contributed by atoms with E-state index in [0.717, 1.165) is 38.2 Å². The third-order valence-electron chi connectivity index (χ3n) is 5.00. The summed E-state index contributed by atoms with van der Waals surface area (Å²) in [5.74, 6) is -1.20. The van der Waals surface area contributed by atoms with E-state index in [4.69, 9.17) is 0 Å². The first kappa shape index (κ1) is 19.9. The van der Waals surface area contributed by atoms with E-state index in [1.165, 1.54) is 5.56 Å². The largest absolute Gasteiger partial charge is 0.378 e. The Morgan fingerprint density at radius 3 is 2.39 bits per heavy atom. The van der Waals surface area contributed by atoms with Gasteiger partial charge in [-0.05, 0) is 36.6 Å². The summed E-state index contributed by atoms with van der Waals surface area (Å²) in [6.45, 7) is 2.74. The monoisotopic (exact) mass is 380 g/mol. The molecule has 3 rings (SSSR count). The summed E-state index contributed by atoms with van der Waals surface area (Å²) < 4.78 is 0. The van der Waals surface area contributed by atoms with Gasteiger partial charge in [-0.3, -0.25) is 14.5 Å². The van der Waals surface area contributed by atoms with E-state index in [1.807, 2.05) is 43.3 Å². The van der Waals surface area contributed by atoms with Gasteiger partial charge in [-0.15, -0.1) is 0 Å². The van der Waals surface area contributed by atoms with Crippen LogP contribution in [0.15, 0.2) is 54.6 Å². The molecule has 0 aliphatic carbocycles. The fourth-order valence-corrected chi connectivity index (χ4v) is 3.38. The lowest BCUT2D eigenvalue weighted by atomic mass is 10.0. The Morgan fingerprint density at radius 1 is 1.00 bits per heavy atom. The molecule has 2 amide bonds. The standard InChI is InChI=1S/C22H28N4O2/c1-25(2)20-10-6-9-19(15-20)24-22(28)21(27)23-18-11-13-26(14-12-18)16-17-7-4-3-5-8-17/h3-10,15,18H,11-14,16H2,1-2H3,(H,23,27)(H,24,28). The highest BCUT2D eigenvalue weighted by Crippen LogP contribution is 2.17. The van der Waals surface area contributed by atoms with Gasteiger partial charge in [0.25, 0.3) is 0 Å². The van der Waals surface area contributed by atoms with Crippen molar-refractivity contribution in [3.8, 4) is 0 Å². The number of hydrogen-bond acceptors (Lipinski definition) is 4. The minimum absolute atomic E-state index is 0.0402. The van der Waals surface area contributed by atoms with E-state index in [-0.39, 0.29) is 6.04 Å². The number of likely N-dealkylation sites (tertiary alicyclic amines) is 1. The first-order valence-electron chi connectivity index (χ1n) is 9.67. The second-order valence-corrected chi connectivity index (χ2v) is 7.41. The lowest BCUT2D eigenvalue weighted by molar-refractivity contribution is -0.136. The molecule has 2 aromatic carbocycles. The third kappa shape index (κ3) is 5.57. The second kappa shape index (κ2) is 9.37. The highest BCUT2D eigenvalue weighted by Gasteiger charge is 2.23. The number of carbonyl (C=O) groups excluding carboxylic acids is 2. The number of nitrogens with zero attached hydrogens (tertiary/aromatic N) is 2. The van der Waals surface area contributed by atoms with E-state index < -0.39 is 11.8 Å². The van der Waals surface area contributed by atoms with Crippen molar-refractivity contribution < 1.29 is 9.59 Å². The normalized spacial score (nSPS) is 15.1. The van der Waals surface area contributed by atoms with Gasteiger partial charge in [0.1, 0.15) is 0 Å². The van der Waals surface area contributed by atoms with Crippen LogP contribution in [-0.2, 0) is 16.1 Å². The van der Waals surface area contributed by atoms with Gasteiger partial charge in [0.15, 0.2) is 0 Å². The quantitative estimate of drug-likeness (QED) is 0.782. The molecule has 2 aromatic rings. The Bertz CT molecular complexity index is 799. The molecule has 148 valence electrons. The van der Waals surface area contributed by atoms with E-state index in [9.17, 15) is 9.59 Å². The van der Waals surface area contributed by atoms with Crippen LogP contribution in [0, 0.1) is 0 Å². The molecular formula is C22H28N4O2. The minimum Gasteiger partial charge on any atom is -0.378 e. The number of hydrogen-bond donors (Lipinski definition) is 2. The highest BCUT2D eigenvalue weighted by molar-refractivity contribution is 6.39. The molecule has 1 aliphatic heterocycles. The van der Waals surface area contributed by atoms with Gasteiger partial charge in [-0.2, -0.15) is 0 Å². The maximum atomic E-state index is 12.3. The van der Waals surface area contributed by atoms with Crippen molar-refractivity contribution in [2.75, 3.05) is 37.4 Å². The smallest absolute Gasteiger partial charge is 0.313 e. The Morgan fingerprint density at radius 2 is 1.71 bits per heavy atom. The Balaban J connectivity index is 1.45. The lowest BCUT2D eigenvalue weighted by Gasteiger charge is -2.32. The average Bonchev–Trinajstić information content (AvgIpc) is 2.70. The number of piperidine rings is 1. The van der Waals surface area contributed by atoms with E-state index in [0.29, 0.717) is 5.69 Å². The van der Waals surface area contributed by atoms with Gasteiger partial charge in [0.05, 0.1) is 0 Å². The van der Waals surface area contributed by atoms with Crippen LogP contribution < -0.4 is 15.5 Å². The number of rotatable bonds is 5. The molecular weight excluding hydrogens is 352 g/mol. The van der Waals surface area contributed by atoms with Crippen LogP contribution in [0.1, 0.15) is 18.4 Å². The van der Waals surface area contributed by atoms with Gasteiger partial charge in [-0.25, -0.2) is 0 Å². The molecule has 0 aromatic heterocycles. The third-order valence-corrected chi connectivity index (χ3v) is 5.00. The maximum Gasteiger partial charge on any atom is 0.313 e. The molecule has 0 unspecified atom stereocenters. The molecule has 0 bridgehead atoms. The fourth-order valence-electron chi connectivity index (χ4n) is 3.38. The second-order valence-electron chi connectivity index (χ2n) is 7.41. The van der Waals surface area contributed by atoms with E-state index in [1.54, 1.807) is 6.07 Å². The summed E-state index contributed by atoms with van der Waals surface area (Å²) >= 11 is 0. The Hall–Kier alpha value is -2.86. The molecule has 1 aliphatic rings. The topological polar surface area (TPSA) is 64.7 Å². The lowest BCUT2D eigenvalue weighted by Crippen LogP contribution is -2.47. The van der Waals surface area contributed by atoms with Crippen LogP contribution >= 0.6 is 0 Å². The summed E-state index contributed by atoms with van der Waals surface area (Å²) in [4.78, 5) is 28.8. The molecule has 2 N–H and O–H groups in total. The van der Waals surface area contributed by atoms with Crippen molar-refractivity contribution in [2.24, 2.45) is 0 Å². The molecule has 0 saturated carbocycles. The first-order valence-corrected chi connectivity index (χ1v) is 9.67. The van der Waals surface area contributed by atoms with Crippen LogP contribution in [0.25, 0.3) is 0 Å². The molecule has 0 radical (unpaired) electrons. The number of benzene rings is 2. The maximum absolute atomic E-state index is 12.3. The molecule has 1 saturated heterocycles. The van der Waals surface area contributed by atoms with E-state index in [2.05, 4.69) is 39.8 Å². The van der Waals surface area contributed by atoms with Crippen molar-refractivity contribution in [1.29, 1.82) is 0 Å². The molecule has 0 spiro atoms. The molecule has 1 heterocycles. The number of amides is 2. The van der Waals surface area contributed by atoms with Crippen LogP contribution in [0.4, 0.5) is 11.4 Å². The van der Waals surface area contributed by atoms with Crippen LogP contribution in [0.5, 0.6) is 0 Å². The number of carbonyl (C=O) groups is 2. The Labute approximate surface area is 166 Å². The summed E-state index contributed by atoms with van der Waals surface area (Å²) in [5, 5.41) is 5.55. The van der Waals surface area contributed by atoms with Crippen LogP contribution in [0.2, 0.25) is 0 Å².